The van der Waals surface area contributed by atoms with Crippen LogP contribution in [0.15, 0.2) is 26.0 Å². The van der Waals surface area contributed by atoms with Crippen LogP contribution in [-0.2, 0) is 14.8 Å². The van der Waals surface area contributed by atoms with E-state index in [9.17, 15) is 8.42 Å². The molecule has 0 amide bonds. The average Bonchev–Trinajstić information content (AvgIpc) is 2.27. The van der Waals surface area contributed by atoms with E-state index in [1.807, 2.05) is 6.92 Å². The van der Waals surface area contributed by atoms with Crippen LogP contribution in [0.4, 0.5) is 5.69 Å². The molecule has 0 bridgehead atoms. The predicted molar refractivity (Wildman–Crippen MR) is 82.6 cm³/mol. The summed E-state index contributed by atoms with van der Waals surface area (Å²) in [6, 6.07) is 3.13. The maximum absolute atomic E-state index is 12.4. The number of benzene rings is 1. The molecule has 19 heavy (non-hydrogen) atoms. The monoisotopic (exact) mass is 414 g/mol. The van der Waals surface area contributed by atoms with Crippen molar-refractivity contribution in [3.8, 4) is 0 Å². The number of nitrogens with two attached hydrogens (primary N) is 1. The van der Waals surface area contributed by atoms with Gasteiger partial charge in [0.05, 0.1) is 6.61 Å². The van der Waals surface area contributed by atoms with Gasteiger partial charge in [0.1, 0.15) is 4.90 Å². The molecule has 108 valence electrons. The fourth-order valence-corrected chi connectivity index (χ4v) is 5.13. The highest BCUT2D eigenvalue weighted by Gasteiger charge is 2.26. The molecular formula is C11H16Br2N2O3S. The van der Waals surface area contributed by atoms with Gasteiger partial charge in [0.25, 0.3) is 0 Å². The summed E-state index contributed by atoms with van der Waals surface area (Å²) >= 11 is 6.47. The lowest BCUT2D eigenvalue weighted by Gasteiger charge is -2.19. The van der Waals surface area contributed by atoms with E-state index in [1.165, 1.54) is 11.4 Å². The number of likely N-dealkylation sites (N-methyl/N-ethyl adjacent to an activating group) is 1. The normalized spacial score (nSPS) is 12.1. The number of rotatable bonds is 6. The zero-order valence-corrected chi connectivity index (χ0v) is 14.7. The molecule has 0 aliphatic rings. The van der Waals surface area contributed by atoms with Crippen LogP contribution in [0.2, 0.25) is 0 Å². The average molecular weight is 416 g/mol. The van der Waals surface area contributed by atoms with Gasteiger partial charge in [0.15, 0.2) is 0 Å². The molecule has 1 aromatic carbocycles. The molecule has 0 heterocycles. The lowest BCUT2D eigenvalue weighted by molar-refractivity contribution is 0.138. The van der Waals surface area contributed by atoms with Crippen LogP contribution >= 0.6 is 31.9 Å². The zero-order chi connectivity index (χ0) is 14.6. The molecule has 0 unspecified atom stereocenters. The van der Waals surface area contributed by atoms with Crippen molar-refractivity contribution in [1.29, 1.82) is 0 Å². The van der Waals surface area contributed by atoms with Gasteiger partial charge >= 0.3 is 0 Å². The lowest BCUT2D eigenvalue weighted by Crippen LogP contribution is -2.30. The number of halogens is 2. The standard InChI is InChI=1S/C11H16Br2N2O3S/c1-3-18-5-4-15(2)19(16,17)11-9(12)6-8(14)7-10(11)13/h6-7H,3-5,14H2,1-2H3. The maximum atomic E-state index is 12.4. The first-order valence-electron chi connectivity index (χ1n) is 5.59. The van der Waals surface area contributed by atoms with Crippen molar-refractivity contribution in [3.63, 3.8) is 0 Å². The number of anilines is 1. The minimum Gasteiger partial charge on any atom is -0.399 e. The second kappa shape index (κ2) is 7.03. The second-order valence-electron chi connectivity index (χ2n) is 3.84. The topological polar surface area (TPSA) is 72.6 Å². The van der Waals surface area contributed by atoms with Crippen LogP contribution in [0.1, 0.15) is 6.92 Å². The Morgan fingerprint density at radius 1 is 1.32 bits per heavy atom. The Labute approximate surface area is 130 Å². The minimum atomic E-state index is -3.59. The van der Waals surface area contributed by atoms with Gasteiger partial charge in [-0.15, -0.1) is 0 Å². The van der Waals surface area contributed by atoms with Crippen molar-refractivity contribution < 1.29 is 13.2 Å². The van der Waals surface area contributed by atoms with Gasteiger partial charge in [-0.3, -0.25) is 0 Å². The van der Waals surface area contributed by atoms with Crippen LogP contribution in [0.25, 0.3) is 0 Å². The van der Waals surface area contributed by atoms with Crippen LogP contribution in [0.3, 0.4) is 0 Å². The summed E-state index contributed by atoms with van der Waals surface area (Å²) in [5.74, 6) is 0. The number of hydrogen-bond acceptors (Lipinski definition) is 4. The molecule has 0 aliphatic carbocycles. The highest BCUT2D eigenvalue weighted by molar-refractivity contribution is 9.11. The molecule has 2 N–H and O–H groups in total. The quantitative estimate of drug-likeness (QED) is 0.572. The molecule has 0 aliphatic heterocycles. The van der Waals surface area contributed by atoms with Gasteiger partial charge in [-0.25, -0.2) is 8.42 Å². The van der Waals surface area contributed by atoms with Crippen LogP contribution in [0, 0.1) is 0 Å². The number of nitrogen functional groups attached to an aromatic ring is 1. The molecule has 0 fully saturated rings. The van der Waals surface area contributed by atoms with Gasteiger partial charge < -0.3 is 10.5 Å². The molecule has 0 radical (unpaired) electrons. The fourth-order valence-electron chi connectivity index (χ4n) is 1.44. The number of hydrogen-bond donors (Lipinski definition) is 1. The molecule has 0 atom stereocenters. The Hall–Kier alpha value is -0.150. The highest BCUT2D eigenvalue weighted by Crippen LogP contribution is 2.33. The predicted octanol–water partition coefficient (Wildman–Crippen LogP) is 2.45. The van der Waals surface area contributed by atoms with Crippen molar-refractivity contribution in [2.75, 3.05) is 32.5 Å². The summed E-state index contributed by atoms with van der Waals surface area (Å²) in [6.07, 6.45) is 0. The highest BCUT2D eigenvalue weighted by atomic mass is 79.9. The van der Waals surface area contributed by atoms with E-state index in [2.05, 4.69) is 31.9 Å². The first-order valence-corrected chi connectivity index (χ1v) is 8.62. The van der Waals surface area contributed by atoms with E-state index in [1.54, 1.807) is 12.1 Å². The summed E-state index contributed by atoms with van der Waals surface area (Å²) in [7, 11) is -2.08. The Bertz CT molecular complexity index is 526. The third-order valence-electron chi connectivity index (χ3n) is 2.44. The first kappa shape index (κ1) is 16.9. The van der Waals surface area contributed by atoms with Gasteiger partial charge in [0, 0.05) is 34.8 Å². The van der Waals surface area contributed by atoms with E-state index in [-0.39, 0.29) is 4.90 Å². The minimum absolute atomic E-state index is 0.167. The lowest BCUT2D eigenvalue weighted by atomic mass is 10.3. The Morgan fingerprint density at radius 2 is 1.84 bits per heavy atom. The third-order valence-corrected chi connectivity index (χ3v) is 6.18. The molecule has 0 saturated carbocycles. The zero-order valence-electron chi connectivity index (χ0n) is 10.7. The van der Waals surface area contributed by atoms with Crippen molar-refractivity contribution in [1.82, 2.24) is 4.31 Å². The summed E-state index contributed by atoms with van der Waals surface area (Å²) in [4.78, 5) is 0.167. The van der Waals surface area contributed by atoms with E-state index in [0.29, 0.717) is 34.4 Å². The molecular weight excluding hydrogens is 400 g/mol. The van der Waals surface area contributed by atoms with Gasteiger partial charge in [-0.1, -0.05) is 0 Å². The largest absolute Gasteiger partial charge is 0.399 e. The molecule has 0 spiro atoms. The molecule has 8 heteroatoms. The van der Waals surface area contributed by atoms with Crippen molar-refractivity contribution >= 4 is 47.6 Å². The molecule has 0 aromatic heterocycles. The Morgan fingerprint density at radius 3 is 2.32 bits per heavy atom. The van der Waals surface area contributed by atoms with Crippen molar-refractivity contribution in [3.05, 3.63) is 21.1 Å². The maximum Gasteiger partial charge on any atom is 0.245 e. The molecule has 1 rings (SSSR count). The number of sulfonamides is 1. The van der Waals surface area contributed by atoms with Crippen LogP contribution < -0.4 is 5.73 Å². The third kappa shape index (κ3) is 4.16. The van der Waals surface area contributed by atoms with E-state index < -0.39 is 10.0 Å². The van der Waals surface area contributed by atoms with Gasteiger partial charge in [-0.05, 0) is 50.9 Å². The Balaban J connectivity index is 3.07. The first-order chi connectivity index (χ1) is 8.80. The molecule has 1 aromatic rings. The summed E-state index contributed by atoms with van der Waals surface area (Å²) in [6.45, 7) is 3.07. The number of ether oxygens (including phenoxy) is 1. The summed E-state index contributed by atoms with van der Waals surface area (Å²) in [5, 5.41) is 0. The summed E-state index contributed by atoms with van der Waals surface area (Å²) in [5.41, 5.74) is 6.14. The molecule has 5 nitrogen and oxygen atoms in total. The van der Waals surface area contributed by atoms with Crippen molar-refractivity contribution in [2.45, 2.75) is 11.8 Å². The SMILES string of the molecule is CCOCCN(C)S(=O)(=O)c1c(Br)cc(N)cc1Br. The second-order valence-corrected chi connectivity index (χ2v) is 7.53. The van der Waals surface area contributed by atoms with E-state index >= 15 is 0 Å². The van der Waals surface area contributed by atoms with Crippen LogP contribution in [0.5, 0.6) is 0 Å². The Kier molecular flexibility index (Phi) is 6.25. The van der Waals surface area contributed by atoms with Gasteiger partial charge in [0.2, 0.25) is 10.0 Å². The van der Waals surface area contributed by atoms with Crippen LogP contribution in [-0.4, -0.2) is 39.5 Å². The van der Waals surface area contributed by atoms with Gasteiger partial charge in [-0.2, -0.15) is 4.31 Å². The summed E-state index contributed by atoms with van der Waals surface area (Å²) < 4.78 is 32.2. The van der Waals surface area contributed by atoms with E-state index in [0.717, 1.165) is 0 Å². The molecule has 0 saturated heterocycles. The fraction of sp³-hybridized carbons (Fsp3) is 0.455. The number of nitrogens with zero attached hydrogens (tertiary/aromatic N) is 1. The smallest absolute Gasteiger partial charge is 0.245 e. The van der Waals surface area contributed by atoms with E-state index in [4.69, 9.17) is 10.5 Å². The van der Waals surface area contributed by atoms with Crippen molar-refractivity contribution in [2.24, 2.45) is 0 Å².